The Bertz CT molecular complexity index is 1100. The molecule has 1 aliphatic heterocycles. The van der Waals surface area contributed by atoms with Gasteiger partial charge in [-0.05, 0) is 17.7 Å². The summed E-state index contributed by atoms with van der Waals surface area (Å²) in [5.41, 5.74) is 6.50. The average Bonchev–Trinajstić information content (AvgIpc) is 3.24. The number of thioether (sulfide) groups is 1. The van der Waals surface area contributed by atoms with Crippen LogP contribution < -0.4 is 5.43 Å². The van der Waals surface area contributed by atoms with Crippen LogP contribution in [-0.4, -0.2) is 19.9 Å². The molecule has 1 N–H and O–H groups in total. The van der Waals surface area contributed by atoms with E-state index in [9.17, 15) is 0 Å². The summed E-state index contributed by atoms with van der Waals surface area (Å²) >= 11 is 8.05. The topological polar surface area (TPSA) is 55.6 Å². The molecular weight excluding hydrogens is 366 g/mol. The molecule has 1 unspecified atom stereocenters. The van der Waals surface area contributed by atoms with Crippen LogP contribution in [0.5, 0.6) is 0 Å². The maximum absolute atomic E-state index is 6.45. The standard InChI is InChI=1S/C19H14ClN5S/c20-17-14(11-13-8-4-5-9-15(13)21-17)18-24-25-16(22-23-19(25)26-18)10-12-6-2-1-3-7-12/h1-9,11,18,24H,10H2. The third kappa shape index (κ3) is 2.71. The zero-order valence-corrected chi connectivity index (χ0v) is 15.2. The van der Waals surface area contributed by atoms with Gasteiger partial charge in [-0.2, -0.15) is 0 Å². The minimum Gasteiger partial charge on any atom is -0.304 e. The molecule has 1 atom stereocenters. The molecule has 7 heteroatoms. The Labute approximate surface area is 159 Å². The molecule has 5 rings (SSSR count). The predicted octanol–water partition coefficient (Wildman–Crippen LogP) is 4.42. The van der Waals surface area contributed by atoms with Gasteiger partial charge in [0.25, 0.3) is 0 Å². The zero-order valence-electron chi connectivity index (χ0n) is 13.6. The van der Waals surface area contributed by atoms with E-state index in [1.165, 1.54) is 5.56 Å². The van der Waals surface area contributed by atoms with Gasteiger partial charge in [-0.1, -0.05) is 71.9 Å². The maximum atomic E-state index is 6.45. The Morgan fingerprint density at radius 3 is 2.73 bits per heavy atom. The summed E-state index contributed by atoms with van der Waals surface area (Å²) in [5.74, 6) is 0.881. The lowest BCUT2D eigenvalue weighted by atomic mass is 10.1. The number of nitrogens with zero attached hydrogens (tertiary/aromatic N) is 4. The van der Waals surface area contributed by atoms with Crippen molar-refractivity contribution in [1.29, 1.82) is 0 Å². The van der Waals surface area contributed by atoms with Gasteiger partial charge in [0, 0.05) is 17.4 Å². The van der Waals surface area contributed by atoms with Gasteiger partial charge in [0.15, 0.2) is 5.82 Å². The third-order valence-corrected chi connectivity index (χ3v) is 5.73. The quantitative estimate of drug-likeness (QED) is 0.534. The van der Waals surface area contributed by atoms with E-state index in [0.717, 1.165) is 33.9 Å². The number of para-hydroxylation sites is 1. The second-order valence-electron chi connectivity index (χ2n) is 6.08. The van der Waals surface area contributed by atoms with Crippen molar-refractivity contribution < 1.29 is 0 Å². The Kier molecular flexibility index (Phi) is 3.80. The Morgan fingerprint density at radius 2 is 1.85 bits per heavy atom. The predicted molar refractivity (Wildman–Crippen MR) is 104 cm³/mol. The first-order valence-electron chi connectivity index (χ1n) is 8.24. The highest BCUT2D eigenvalue weighted by molar-refractivity contribution is 7.99. The average molecular weight is 380 g/mol. The first kappa shape index (κ1) is 15.7. The number of nitrogens with one attached hydrogen (secondary N) is 1. The van der Waals surface area contributed by atoms with Crippen molar-refractivity contribution in [3.63, 3.8) is 0 Å². The lowest BCUT2D eigenvalue weighted by Gasteiger charge is -2.14. The SMILES string of the molecule is Clc1nc2ccccc2cc1C1Nn2c(Cc3ccccc3)nnc2S1. The molecule has 0 saturated heterocycles. The van der Waals surface area contributed by atoms with Crippen LogP contribution in [0.1, 0.15) is 22.3 Å². The van der Waals surface area contributed by atoms with Crippen LogP contribution >= 0.6 is 23.4 Å². The van der Waals surface area contributed by atoms with Gasteiger partial charge in [-0.15, -0.1) is 10.2 Å². The van der Waals surface area contributed by atoms with E-state index in [1.807, 2.05) is 47.1 Å². The molecule has 26 heavy (non-hydrogen) atoms. The van der Waals surface area contributed by atoms with E-state index in [0.29, 0.717) is 5.15 Å². The van der Waals surface area contributed by atoms with Gasteiger partial charge in [-0.3, -0.25) is 0 Å². The molecule has 5 nitrogen and oxygen atoms in total. The van der Waals surface area contributed by atoms with E-state index in [1.54, 1.807) is 11.8 Å². The van der Waals surface area contributed by atoms with Crippen molar-refractivity contribution in [2.45, 2.75) is 17.0 Å². The molecule has 0 bridgehead atoms. The number of aromatic nitrogens is 4. The minimum atomic E-state index is -0.0420. The van der Waals surface area contributed by atoms with Crippen LogP contribution in [0.15, 0.2) is 65.8 Å². The van der Waals surface area contributed by atoms with E-state index in [2.05, 4.69) is 38.8 Å². The fourth-order valence-electron chi connectivity index (χ4n) is 3.07. The van der Waals surface area contributed by atoms with Gasteiger partial charge >= 0.3 is 0 Å². The largest absolute Gasteiger partial charge is 0.304 e. The summed E-state index contributed by atoms with van der Waals surface area (Å²) in [6.07, 6.45) is 0.720. The molecular formula is C19H14ClN5S. The highest BCUT2D eigenvalue weighted by Gasteiger charge is 2.29. The summed E-state index contributed by atoms with van der Waals surface area (Å²) in [7, 11) is 0. The van der Waals surface area contributed by atoms with Crippen molar-refractivity contribution >= 4 is 34.3 Å². The summed E-state index contributed by atoms with van der Waals surface area (Å²) in [6.45, 7) is 0. The highest BCUT2D eigenvalue weighted by atomic mass is 35.5. The summed E-state index contributed by atoms with van der Waals surface area (Å²) < 4.78 is 1.95. The number of hydrogen-bond donors (Lipinski definition) is 1. The number of hydrogen-bond acceptors (Lipinski definition) is 5. The maximum Gasteiger partial charge on any atom is 0.212 e. The molecule has 0 saturated carbocycles. The first-order chi connectivity index (χ1) is 12.8. The van der Waals surface area contributed by atoms with Crippen LogP contribution in [0.25, 0.3) is 10.9 Å². The van der Waals surface area contributed by atoms with Crippen molar-refractivity contribution in [3.05, 3.63) is 82.8 Å². The van der Waals surface area contributed by atoms with E-state index in [4.69, 9.17) is 11.6 Å². The number of benzene rings is 2. The molecule has 4 aromatic rings. The number of fused-ring (bicyclic) bond motifs is 2. The molecule has 2 aromatic heterocycles. The van der Waals surface area contributed by atoms with Crippen LogP contribution in [0, 0.1) is 0 Å². The van der Waals surface area contributed by atoms with E-state index in [-0.39, 0.29) is 5.37 Å². The fourth-order valence-corrected chi connectivity index (χ4v) is 4.42. The monoisotopic (exact) mass is 379 g/mol. The van der Waals surface area contributed by atoms with Gasteiger partial charge < -0.3 is 5.43 Å². The van der Waals surface area contributed by atoms with Crippen LogP contribution in [-0.2, 0) is 6.42 Å². The van der Waals surface area contributed by atoms with Crippen molar-refractivity contribution in [2.24, 2.45) is 0 Å². The normalized spacial score (nSPS) is 15.8. The smallest absolute Gasteiger partial charge is 0.212 e. The van der Waals surface area contributed by atoms with Gasteiger partial charge in [0.05, 0.1) is 5.52 Å². The number of pyridine rings is 1. The van der Waals surface area contributed by atoms with Gasteiger partial charge in [0.1, 0.15) is 10.5 Å². The Balaban J connectivity index is 1.45. The molecule has 1 aliphatic rings. The van der Waals surface area contributed by atoms with Crippen molar-refractivity contribution in [2.75, 3.05) is 5.43 Å². The van der Waals surface area contributed by atoms with E-state index >= 15 is 0 Å². The molecule has 0 radical (unpaired) electrons. The number of rotatable bonds is 3. The lowest BCUT2D eigenvalue weighted by molar-refractivity contribution is 0.746. The second kappa shape index (κ2) is 6.30. The summed E-state index contributed by atoms with van der Waals surface area (Å²) in [6, 6.07) is 20.3. The number of halogens is 1. The van der Waals surface area contributed by atoms with Gasteiger partial charge in [-0.25, -0.2) is 9.66 Å². The molecule has 0 amide bonds. The van der Waals surface area contributed by atoms with Crippen LogP contribution in [0.2, 0.25) is 5.15 Å². The molecule has 0 fully saturated rings. The summed E-state index contributed by atoms with van der Waals surface area (Å²) in [5, 5.41) is 11.0. The fraction of sp³-hybridized carbons (Fsp3) is 0.105. The van der Waals surface area contributed by atoms with E-state index < -0.39 is 0 Å². The zero-order chi connectivity index (χ0) is 17.5. The molecule has 3 heterocycles. The van der Waals surface area contributed by atoms with Crippen molar-refractivity contribution in [1.82, 2.24) is 19.9 Å². The lowest BCUT2D eigenvalue weighted by Crippen LogP contribution is -2.16. The molecule has 0 aliphatic carbocycles. The molecule has 128 valence electrons. The first-order valence-corrected chi connectivity index (χ1v) is 9.50. The van der Waals surface area contributed by atoms with Crippen LogP contribution in [0.3, 0.4) is 0 Å². The highest BCUT2D eigenvalue weighted by Crippen LogP contribution is 2.41. The second-order valence-corrected chi connectivity index (χ2v) is 7.51. The molecule has 0 spiro atoms. The van der Waals surface area contributed by atoms with Crippen LogP contribution in [0.4, 0.5) is 0 Å². The summed E-state index contributed by atoms with van der Waals surface area (Å²) in [4.78, 5) is 4.52. The Hall–Kier alpha value is -2.57. The van der Waals surface area contributed by atoms with Gasteiger partial charge in [0.2, 0.25) is 5.16 Å². The molecule has 2 aromatic carbocycles. The Morgan fingerprint density at radius 1 is 1.04 bits per heavy atom. The van der Waals surface area contributed by atoms with Crippen molar-refractivity contribution in [3.8, 4) is 0 Å². The third-order valence-electron chi connectivity index (χ3n) is 4.36. The minimum absolute atomic E-state index is 0.0420.